The number of rotatable bonds is 3. The molecule has 2 nitrogen and oxygen atoms in total. The quantitative estimate of drug-likeness (QED) is 0.706. The zero-order valence-corrected chi connectivity index (χ0v) is 8.80. The van der Waals surface area contributed by atoms with Crippen molar-refractivity contribution in [3.63, 3.8) is 0 Å². The van der Waals surface area contributed by atoms with E-state index >= 15 is 0 Å². The van der Waals surface area contributed by atoms with Gasteiger partial charge in [-0.05, 0) is 0 Å². The second kappa shape index (κ2) is 4.62. The molecule has 3 heteroatoms. The van der Waals surface area contributed by atoms with E-state index < -0.39 is 0 Å². The smallest absolute Gasteiger partial charge is 0.176 e. The van der Waals surface area contributed by atoms with Gasteiger partial charge in [-0.15, -0.1) is 11.8 Å². The van der Waals surface area contributed by atoms with Gasteiger partial charge in [0.15, 0.2) is 5.78 Å². The first kappa shape index (κ1) is 9.74. The van der Waals surface area contributed by atoms with Gasteiger partial charge in [0.2, 0.25) is 0 Å². The van der Waals surface area contributed by atoms with Gasteiger partial charge in [-0.1, -0.05) is 30.3 Å². The molecule has 1 saturated heterocycles. The maximum absolute atomic E-state index is 11.7. The van der Waals surface area contributed by atoms with Crippen LogP contribution in [-0.4, -0.2) is 35.4 Å². The molecule has 0 aliphatic carbocycles. The fourth-order valence-electron chi connectivity index (χ4n) is 1.49. The van der Waals surface area contributed by atoms with Crippen LogP contribution in [0.4, 0.5) is 0 Å². The normalized spacial score (nSPS) is 17.1. The van der Waals surface area contributed by atoms with Gasteiger partial charge in [0.1, 0.15) is 0 Å². The Balaban J connectivity index is 1.95. The van der Waals surface area contributed by atoms with E-state index in [2.05, 4.69) is 4.90 Å². The molecule has 74 valence electrons. The maximum Gasteiger partial charge on any atom is 0.176 e. The van der Waals surface area contributed by atoms with Gasteiger partial charge in [-0.25, -0.2) is 0 Å². The van der Waals surface area contributed by atoms with Crippen LogP contribution in [-0.2, 0) is 0 Å². The van der Waals surface area contributed by atoms with Gasteiger partial charge >= 0.3 is 0 Å². The molecule has 1 aliphatic heterocycles. The number of benzene rings is 1. The summed E-state index contributed by atoms with van der Waals surface area (Å²) in [5, 5.41) is 0. The first-order valence-corrected chi connectivity index (χ1v) is 5.90. The molecule has 1 aromatic carbocycles. The Kier molecular flexibility index (Phi) is 3.22. The Morgan fingerprint density at radius 3 is 2.79 bits per heavy atom. The van der Waals surface area contributed by atoms with E-state index in [1.165, 1.54) is 0 Å². The van der Waals surface area contributed by atoms with Crippen molar-refractivity contribution in [3.05, 3.63) is 35.9 Å². The van der Waals surface area contributed by atoms with Crippen LogP contribution < -0.4 is 0 Å². The molecular weight excluding hydrogens is 194 g/mol. The zero-order valence-electron chi connectivity index (χ0n) is 7.98. The minimum Gasteiger partial charge on any atom is -0.293 e. The van der Waals surface area contributed by atoms with Crippen molar-refractivity contribution in [2.24, 2.45) is 0 Å². The summed E-state index contributed by atoms with van der Waals surface area (Å²) in [5.41, 5.74) is 0.824. The molecule has 2 rings (SSSR count). The number of carbonyl (C=O) groups is 1. The SMILES string of the molecule is O=C(CN1CCSC1)c1ccccc1. The molecule has 0 amide bonds. The molecule has 0 atom stereocenters. The second-order valence-corrected chi connectivity index (χ2v) is 4.45. The highest BCUT2D eigenvalue weighted by molar-refractivity contribution is 7.99. The molecule has 0 radical (unpaired) electrons. The summed E-state index contributed by atoms with van der Waals surface area (Å²) >= 11 is 1.89. The zero-order chi connectivity index (χ0) is 9.80. The Labute approximate surface area is 88.3 Å². The summed E-state index contributed by atoms with van der Waals surface area (Å²) in [6.07, 6.45) is 0. The Morgan fingerprint density at radius 1 is 1.36 bits per heavy atom. The summed E-state index contributed by atoms with van der Waals surface area (Å²) in [6.45, 7) is 1.61. The van der Waals surface area contributed by atoms with Crippen molar-refractivity contribution >= 4 is 17.5 Å². The third-order valence-electron chi connectivity index (χ3n) is 2.29. The average molecular weight is 207 g/mol. The van der Waals surface area contributed by atoms with Crippen molar-refractivity contribution in [3.8, 4) is 0 Å². The monoisotopic (exact) mass is 207 g/mol. The summed E-state index contributed by atoms with van der Waals surface area (Å²) in [6, 6.07) is 9.51. The van der Waals surface area contributed by atoms with Gasteiger partial charge < -0.3 is 0 Å². The molecule has 0 saturated carbocycles. The predicted molar refractivity (Wildman–Crippen MR) is 59.7 cm³/mol. The van der Waals surface area contributed by atoms with Gasteiger partial charge in [0, 0.05) is 23.7 Å². The van der Waals surface area contributed by atoms with Crippen molar-refractivity contribution in [2.75, 3.05) is 24.7 Å². The number of Topliss-reactive ketones (excluding diaryl/α,β-unsaturated/α-hetero) is 1. The summed E-state index contributed by atoms with van der Waals surface area (Å²) in [4.78, 5) is 13.9. The number of ketones is 1. The lowest BCUT2D eigenvalue weighted by molar-refractivity contribution is 0.0949. The van der Waals surface area contributed by atoms with Crippen LogP contribution in [0.3, 0.4) is 0 Å². The first-order valence-electron chi connectivity index (χ1n) is 4.74. The van der Waals surface area contributed by atoms with E-state index in [9.17, 15) is 4.79 Å². The van der Waals surface area contributed by atoms with E-state index in [0.29, 0.717) is 6.54 Å². The minimum atomic E-state index is 0.230. The first-order chi connectivity index (χ1) is 6.86. The average Bonchev–Trinajstić information content (AvgIpc) is 2.72. The molecule has 0 aromatic heterocycles. The number of hydrogen-bond donors (Lipinski definition) is 0. The van der Waals surface area contributed by atoms with E-state index in [1.54, 1.807) is 0 Å². The standard InChI is InChI=1S/C11H13NOS/c13-11(8-12-6-7-14-9-12)10-4-2-1-3-5-10/h1-5H,6-9H2. The molecule has 14 heavy (non-hydrogen) atoms. The molecule has 0 unspecified atom stereocenters. The molecule has 1 aliphatic rings. The Morgan fingerprint density at radius 2 is 2.14 bits per heavy atom. The number of thioether (sulfide) groups is 1. The summed E-state index contributed by atoms with van der Waals surface area (Å²) in [7, 11) is 0. The third-order valence-corrected chi connectivity index (χ3v) is 3.31. The Hall–Kier alpha value is -0.800. The van der Waals surface area contributed by atoms with E-state index in [1.807, 2.05) is 42.1 Å². The van der Waals surface area contributed by atoms with Crippen LogP contribution >= 0.6 is 11.8 Å². The maximum atomic E-state index is 11.7. The molecule has 0 bridgehead atoms. The highest BCUT2D eigenvalue weighted by Crippen LogP contribution is 2.13. The lowest BCUT2D eigenvalue weighted by Gasteiger charge is -2.11. The second-order valence-electron chi connectivity index (χ2n) is 3.38. The largest absolute Gasteiger partial charge is 0.293 e. The highest BCUT2D eigenvalue weighted by Gasteiger charge is 2.15. The van der Waals surface area contributed by atoms with E-state index in [4.69, 9.17) is 0 Å². The summed E-state index contributed by atoms with van der Waals surface area (Å²) < 4.78 is 0. The lowest BCUT2D eigenvalue weighted by Crippen LogP contribution is -2.26. The Bertz CT molecular complexity index is 306. The fraction of sp³-hybridized carbons (Fsp3) is 0.364. The number of nitrogens with zero attached hydrogens (tertiary/aromatic N) is 1. The van der Waals surface area contributed by atoms with Gasteiger partial charge in [0.25, 0.3) is 0 Å². The van der Waals surface area contributed by atoms with Crippen molar-refractivity contribution in [2.45, 2.75) is 0 Å². The molecule has 1 fully saturated rings. The van der Waals surface area contributed by atoms with Crippen molar-refractivity contribution < 1.29 is 4.79 Å². The molecular formula is C11H13NOS. The highest BCUT2D eigenvalue weighted by atomic mass is 32.2. The molecule has 1 heterocycles. The van der Waals surface area contributed by atoms with Gasteiger partial charge in [-0.3, -0.25) is 9.69 Å². The summed E-state index contributed by atoms with van der Waals surface area (Å²) in [5.74, 6) is 2.38. The molecule has 0 N–H and O–H groups in total. The topological polar surface area (TPSA) is 20.3 Å². The van der Waals surface area contributed by atoms with Crippen molar-refractivity contribution in [1.82, 2.24) is 4.90 Å². The van der Waals surface area contributed by atoms with Gasteiger partial charge in [-0.2, -0.15) is 0 Å². The minimum absolute atomic E-state index is 0.230. The molecule has 0 spiro atoms. The predicted octanol–water partition coefficient (Wildman–Crippen LogP) is 1.88. The van der Waals surface area contributed by atoms with Crippen LogP contribution in [0.2, 0.25) is 0 Å². The lowest BCUT2D eigenvalue weighted by atomic mass is 10.1. The van der Waals surface area contributed by atoms with E-state index in [-0.39, 0.29) is 5.78 Å². The molecule has 1 aromatic rings. The van der Waals surface area contributed by atoms with Crippen LogP contribution in [0.5, 0.6) is 0 Å². The number of carbonyl (C=O) groups excluding carboxylic acids is 1. The van der Waals surface area contributed by atoms with Crippen LogP contribution in [0, 0.1) is 0 Å². The van der Waals surface area contributed by atoms with Crippen molar-refractivity contribution in [1.29, 1.82) is 0 Å². The van der Waals surface area contributed by atoms with Gasteiger partial charge in [0.05, 0.1) is 6.54 Å². The van der Waals surface area contributed by atoms with Crippen LogP contribution in [0.1, 0.15) is 10.4 Å². The number of hydrogen-bond acceptors (Lipinski definition) is 3. The van der Waals surface area contributed by atoms with E-state index in [0.717, 1.165) is 23.7 Å². The van der Waals surface area contributed by atoms with Crippen LogP contribution in [0.15, 0.2) is 30.3 Å². The third kappa shape index (κ3) is 2.36. The fourth-order valence-corrected chi connectivity index (χ4v) is 2.49. The van der Waals surface area contributed by atoms with Crippen LogP contribution in [0.25, 0.3) is 0 Å².